The van der Waals surface area contributed by atoms with Gasteiger partial charge in [0.15, 0.2) is 5.78 Å². The van der Waals surface area contributed by atoms with Crippen LogP contribution >= 0.6 is 0 Å². The van der Waals surface area contributed by atoms with Gasteiger partial charge in [0.2, 0.25) is 0 Å². The largest absolute Gasteiger partial charge is 0.359 e. The molecule has 1 aromatic carbocycles. The number of ketones is 1. The zero-order valence-electron chi connectivity index (χ0n) is 16.0. The molecule has 6 nitrogen and oxygen atoms in total. The summed E-state index contributed by atoms with van der Waals surface area (Å²) in [6, 6.07) is 7.77. The molecule has 6 heteroatoms. The Morgan fingerprint density at radius 3 is 2.65 bits per heavy atom. The number of nitrogens with one attached hydrogen (secondary N) is 2. The summed E-state index contributed by atoms with van der Waals surface area (Å²) in [6.45, 7) is 10.8. The monoisotopic (exact) mass is 355 g/mol. The molecule has 0 saturated carbocycles. The molecule has 0 amide bonds. The van der Waals surface area contributed by atoms with Crippen LogP contribution in [0.1, 0.15) is 33.0 Å². The van der Waals surface area contributed by atoms with Crippen molar-refractivity contribution in [3.8, 4) is 0 Å². The number of fused-ring (bicyclic) bond motifs is 1. The van der Waals surface area contributed by atoms with Gasteiger partial charge in [-0.25, -0.2) is 9.97 Å². The van der Waals surface area contributed by atoms with Crippen molar-refractivity contribution in [1.29, 1.82) is 0 Å². The van der Waals surface area contributed by atoms with Crippen molar-refractivity contribution in [2.75, 3.05) is 31.5 Å². The van der Waals surface area contributed by atoms with Gasteiger partial charge in [-0.05, 0) is 18.1 Å². The third-order valence-electron chi connectivity index (χ3n) is 4.88. The first-order valence-electron chi connectivity index (χ1n) is 9.56. The average molecular weight is 355 g/mol. The molecule has 3 rings (SSSR count). The van der Waals surface area contributed by atoms with Crippen molar-refractivity contribution >= 4 is 22.5 Å². The highest BCUT2D eigenvalue weighted by atomic mass is 16.1. The van der Waals surface area contributed by atoms with Crippen LogP contribution in [0.5, 0.6) is 0 Å². The fourth-order valence-electron chi connectivity index (χ4n) is 3.36. The Kier molecular flexibility index (Phi) is 6.16. The number of nitrogens with zero attached hydrogens (tertiary/aromatic N) is 3. The number of para-hydroxylation sites is 1. The molecule has 2 aromatic rings. The zero-order chi connectivity index (χ0) is 18.5. The standard InChI is InChI=1S/C20H29N5O/c1-4-17(26)19(14(2)3)24-20-15-7-5-6-8-16(15)22-18(23-20)13-25-11-9-21-10-12-25/h5-8,14,19,21H,4,9-13H2,1-3H3,(H,22,23,24)/t19-/m0/s1. The highest BCUT2D eigenvalue weighted by molar-refractivity contribution is 5.92. The lowest BCUT2D eigenvalue weighted by molar-refractivity contribution is -0.120. The molecule has 0 spiro atoms. The summed E-state index contributed by atoms with van der Waals surface area (Å²) in [5, 5.41) is 7.75. The van der Waals surface area contributed by atoms with E-state index in [-0.39, 0.29) is 17.7 Å². The van der Waals surface area contributed by atoms with Gasteiger partial charge in [-0.3, -0.25) is 9.69 Å². The molecular formula is C20H29N5O. The third-order valence-corrected chi connectivity index (χ3v) is 4.88. The predicted octanol–water partition coefficient (Wildman–Crippen LogP) is 2.45. The lowest BCUT2D eigenvalue weighted by atomic mass is 9.98. The summed E-state index contributed by atoms with van der Waals surface area (Å²) in [4.78, 5) is 24.3. The summed E-state index contributed by atoms with van der Waals surface area (Å²) >= 11 is 0. The topological polar surface area (TPSA) is 70.2 Å². The highest BCUT2D eigenvalue weighted by Gasteiger charge is 2.22. The number of anilines is 1. The molecular weight excluding hydrogens is 326 g/mol. The van der Waals surface area contributed by atoms with Gasteiger partial charge in [-0.1, -0.05) is 32.9 Å². The van der Waals surface area contributed by atoms with E-state index in [1.54, 1.807) is 0 Å². The van der Waals surface area contributed by atoms with Crippen molar-refractivity contribution < 1.29 is 4.79 Å². The van der Waals surface area contributed by atoms with Gasteiger partial charge in [-0.15, -0.1) is 0 Å². The number of Topliss-reactive ketones (excluding diaryl/α,β-unsaturated/α-hetero) is 1. The third kappa shape index (κ3) is 4.37. The van der Waals surface area contributed by atoms with Gasteiger partial charge in [0, 0.05) is 38.0 Å². The number of carbonyl (C=O) groups is 1. The van der Waals surface area contributed by atoms with Gasteiger partial charge in [0.1, 0.15) is 11.6 Å². The predicted molar refractivity (Wildman–Crippen MR) is 105 cm³/mol. The first-order chi connectivity index (χ1) is 12.6. The van der Waals surface area contributed by atoms with Crippen LogP contribution in [-0.2, 0) is 11.3 Å². The highest BCUT2D eigenvalue weighted by Crippen LogP contribution is 2.23. The number of hydrogen-bond acceptors (Lipinski definition) is 6. The fraction of sp³-hybridized carbons (Fsp3) is 0.550. The molecule has 1 aromatic heterocycles. The second-order valence-corrected chi connectivity index (χ2v) is 7.22. The lowest BCUT2D eigenvalue weighted by Crippen LogP contribution is -2.43. The number of piperazine rings is 1. The van der Waals surface area contributed by atoms with Crippen LogP contribution in [0.15, 0.2) is 24.3 Å². The van der Waals surface area contributed by atoms with Crippen LogP contribution in [0, 0.1) is 5.92 Å². The molecule has 2 heterocycles. The molecule has 2 N–H and O–H groups in total. The molecule has 0 aliphatic carbocycles. The number of carbonyl (C=O) groups excluding carboxylic acids is 1. The van der Waals surface area contributed by atoms with E-state index in [4.69, 9.17) is 9.97 Å². The summed E-state index contributed by atoms with van der Waals surface area (Å²) in [5.41, 5.74) is 0.918. The molecule has 1 atom stereocenters. The lowest BCUT2D eigenvalue weighted by Gasteiger charge is -2.27. The van der Waals surface area contributed by atoms with Crippen LogP contribution in [0.2, 0.25) is 0 Å². The van der Waals surface area contributed by atoms with Crippen molar-refractivity contribution in [2.24, 2.45) is 5.92 Å². The summed E-state index contributed by atoms with van der Waals surface area (Å²) in [7, 11) is 0. The van der Waals surface area contributed by atoms with E-state index in [0.29, 0.717) is 6.42 Å². The Morgan fingerprint density at radius 2 is 1.96 bits per heavy atom. The Balaban J connectivity index is 1.92. The van der Waals surface area contributed by atoms with Gasteiger partial charge in [0.05, 0.1) is 18.1 Å². The van der Waals surface area contributed by atoms with Crippen molar-refractivity contribution in [1.82, 2.24) is 20.2 Å². The van der Waals surface area contributed by atoms with Crippen LogP contribution in [-0.4, -0.2) is 52.9 Å². The molecule has 1 aliphatic rings. The molecule has 1 saturated heterocycles. The van der Waals surface area contributed by atoms with Gasteiger partial charge in [-0.2, -0.15) is 0 Å². The van der Waals surface area contributed by atoms with E-state index in [2.05, 4.69) is 29.4 Å². The SMILES string of the molecule is CCC(=O)[C@@H](Nc1nc(CN2CCNCC2)nc2ccccc12)C(C)C. The maximum absolute atomic E-state index is 12.4. The average Bonchev–Trinajstić information content (AvgIpc) is 2.66. The Bertz CT molecular complexity index is 755. The van der Waals surface area contributed by atoms with Crippen LogP contribution in [0.4, 0.5) is 5.82 Å². The Hall–Kier alpha value is -2.05. The van der Waals surface area contributed by atoms with E-state index >= 15 is 0 Å². The fourth-order valence-corrected chi connectivity index (χ4v) is 3.36. The number of hydrogen-bond donors (Lipinski definition) is 2. The smallest absolute Gasteiger partial charge is 0.155 e. The van der Waals surface area contributed by atoms with Crippen LogP contribution in [0.25, 0.3) is 10.9 Å². The first kappa shape index (κ1) is 18.7. The molecule has 0 unspecified atom stereocenters. The number of aromatic nitrogens is 2. The van der Waals surface area contributed by atoms with Crippen LogP contribution in [0.3, 0.4) is 0 Å². The normalized spacial score (nSPS) is 16.8. The maximum atomic E-state index is 12.4. The minimum Gasteiger partial charge on any atom is -0.359 e. The van der Waals surface area contributed by atoms with Gasteiger partial charge in [0.25, 0.3) is 0 Å². The van der Waals surface area contributed by atoms with Crippen LogP contribution < -0.4 is 10.6 Å². The van der Waals surface area contributed by atoms with E-state index in [1.165, 1.54) is 0 Å². The van der Waals surface area contributed by atoms with Gasteiger partial charge >= 0.3 is 0 Å². The molecule has 1 fully saturated rings. The van der Waals surface area contributed by atoms with E-state index < -0.39 is 0 Å². The van der Waals surface area contributed by atoms with Crippen molar-refractivity contribution in [3.63, 3.8) is 0 Å². The van der Waals surface area contributed by atoms with E-state index in [0.717, 1.165) is 55.3 Å². The molecule has 140 valence electrons. The molecule has 0 bridgehead atoms. The summed E-state index contributed by atoms with van der Waals surface area (Å²) in [6.07, 6.45) is 0.520. The summed E-state index contributed by atoms with van der Waals surface area (Å²) in [5.74, 6) is 1.99. The second kappa shape index (κ2) is 8.56. The second-order valence-electron chi connectivity index (χ2n) is 7.22. The van der Waals surface area contributed by atoms with Crippen molar-refractivity contribution in [2.45, 2.75) is 39.8 Å². The minimum absolute atomic E-state index is 0.202. The number of rotatable bonds is 7. The minimum atomic E-state index is -0.231. The first-order valence-corrected chi connectivity index (χ1v) is 9.56. The van der Waals surface area contributed by atoms with Crippen molar-refractivity contribution in [3.05, 3.63) is 30.1 Å². The van der Waals surface area contributed by atoms with E-state index in [9.17, 15) is 4.79 Å². The number of benzene rings is 1. The Morgan fingerprint density at radius 1 is 1.23 bits per heavy atom. The molecule has 1 aliphatic heterocycles. The Labute approximate surface area is 155 Å². The van der Waals surface area contributed by atoms with Gasteiger partial charge < -0.3 is 10.6 Å². The quantitative estimate of drug-likeness (QED) is 0.795. The maximum Gasteiger partial charge on any atom is 0.155 e. The van der Waals surface area contributed by atoms with E-state index in [1.807, 2.05) is 31.2 Å². The molecule has 0 radical (unpaired) electrons. The summed E-state index contributed by atoms with van der Waals surface area (Å²) < 4.78 is 0. The zero-order valence-corrected chi connectivity index (χ0v) is 16.0. The molecule has 26 heavy (non-hydrogen) atoms.